The molecule has 0 radical (unpaired) electrons. The molecule has 0 amide bonds. The van der Waals surface area contributed by atoms with E-state index in [2.05, 4.69) is 0 Å². The Morgan fingerprint density at radius 3 is 2.50 bits per heavy atom. The van der Waals surface area contributed by atoms with Gasteiger partial charge in [0, 0.05) is 18.2 Å². The lowest BCUT2D eigenvalue weighted by Crippen LogP contribution is -2.30. The first-order valence-corrected chi connectivity index (χ1v) is 4.15. The summed E-state index contributed by atoms with van der Waals surface area (Å²) in [6, 6.07) is 8.40. The molecular weight excluding hydrogens is 180 g/mol. The van der Waals surface area contributed by atoms with E-state index in [1.54, 1.807) is 30.3 Å². The highest BCUT2D eigenvalue weighted by atomic mass is 16.5. The lowest BCUT2D eigenvalue weighted by atomic mass is 10.2. The molecule has 0 unspecified atom stereocenters. The zero-order valence-corrected chi connectivity index (χ0v) is 7.33. The SMILES string of the molecule is [O-][n+]1cccc(-c2cccc[n+]2[O-])c1. The van der Waals surface area contributed by atoms with Crippen LogP contribution in [0, 0.1) is 10.4 Å². The Morgan fingerprint density at radius 1 is 0.929 bits per heavy atom. The van der Waals surface area contributed by atoms with E-state index >= 15 is 0 Å². The van der Waals surface area contributed by atoms with Crippen molar-refractivity contribution in [3.8, 4) is 11.3 Å². The fraction of sp³-hybridized carbons (Fsp3) is 0. The molecule has 0 saturated heterocycles. The molecule has 70 valence electrons. The average Bonchev–Trinajstić information content (AvgIpc) is 2.18. The van der Waals surface area contributed by atoms with Gasteiger partial charge >= 0.3 is 0 Å². The standard InChI is InChI=1S/C10H8N2O2/c13-11-6-3-4-9(8-11)10-5-1-2-7-12(10)14/h1-8H. The zero-order valence-electron chi connectivity index (χ0n) is 7.33. The fourth-order valence-electron chi connectivity index (χ4n) is 1.26. The average molecular weight is 188 g/mol. The summed E-state index contributed by atoms with van der Waals surface area (Å²) in [5.41, 5.74) is 1.08. The van der Waals surface area contributed by atoms with Crippen LogP contribution in [0.2, 0.25) is 0 Å². The third-order valence-corrected chi connectivity index (χ3v) is 1.89. The molecule has 0 bridgehead atoms. The van der Waals surface area contributed by atoms with Crippen LogP contribution in [0.5, 0.6) is 0 Å². The summed E-state index contributed by atoms with van der Waals surface area (Å²) in [6.45, 7) is 0. The molecule has 0 atom stereocenters. The van der Waals surface area contributed by atoms with Crippen molar-refractivity contribution in [1.82, 2.24) is 0 Å². The molecule has 0 fully saturated rings. The predicted molar refractivity (Wildman–Crippen MR) is 49.8 cm³/mol. The van der Waals surface area contributed by atoms with Gasteiger partial charge in [-0.1, -0.05) is 0 Å². The van der Waals surface area contributed by atoms with Crippen LogP contribution in [-0.4, -0.2) is 0 Å². The lowest BCUT2D eigenvalue weighted by molar-refractivity contribution is -0.608. The Labute approximate surface area is 80.8 Å². The van der Waals surface area contributed by atoms with Crippen LogP contribution in [0.1, 0.15) is 0 Å². The Balaban J connectivity index is 2.55. The smallest absolute Gasteiger partial charge is 0.229 e. The van der Waals surface area contributed by atoms with Crippen molar-refractivity contribution < 1.29 is 9.46 Å². The zero-order chi connectivity index (χ0) is 9.97. The van der Waals surface area contributed by atoms with Crippen molar-refractivity contribution in [2.75, 3.05) is 0 Å². The summed E-state index contributed by atoms with van der Waals surface area (Å²) in [7, 11) is 0. The molecule has 0 aromatic carbocycles. The maximum absolute atomic E-state index is 11.3. The van der Waals surface area contributed by atoms with Crippen LogP contribution in [0.25, 0.3) is 11.3 Å². The second-order valence-electron chi connectivity index (χ2n) is 2.86. The van der Waals surface area contributed by atoms with Crippen LogP contribution in [0.4, 0.5) is 0 Å². The van der Waals surface area contributed by atoms with E-state index in [1.165, 1.54) is 18.6 Å². The van der Waals surface area contributed by atoms with Crippen LogP contribution in [0.15, 0.2) is 48.9 Å². The van der Waals surface area contributed by atoms with Gasteiger partial charge in [-0.05, 0) is 12.1 Å². The van der Waals surface area contributed by atoms with Gasteiger partial charge in [-0.3, -0.25) is 0 Å². The minimum absolute atomic E-state index is 0.470. The molecule has 0 aliphatic heterocycles. The van der Waals surface area contributed by atoms with E-state index < -0.39 is 0 Å². The van der Waals surface area contributed by atoms with Crippen molar-refractivity contribution in [2.24, 2.45) is 0 Å². The van der Waals surface area contributed by atoms with Crippen molar-refractivity contribution in [3.05, 3.63) is 59.3 Å². The van der Waals surface area contributed by atoms with Crippen LogP contribution in [-0.2, 0) is 0 Å². The number of rotatable bonds is 1. The van der Waals surface area contributed by atoms with Crippen LogP contribution >= 0.6 is 0 Å². The highest BCUT2D eigenvalue weighted by Crippen LogP contribution is 2.11. The molecule has 2 heterocycles. The monoisotopic (exact) mass is 188 g/mol. The second kappa shape index (κ2) is 3.33. The van der Waals surface area contributed by atoms with Gasteiger partial charge < -0.3 is 10.4 Å². The lowest BCUT2D eigenvalue weighted by Gasteiger charge is -2.02. The van der Waals surface area contributed by atoms with E-state index in [9.17, 15) is 10.4 Å². The normalized spacial score (nSPS) is 10.0. The Bertz CT molecular complexity index is 457. The van der Waals surface area contributed by atoms with Gasteiger partial charge in [0.2, 0.25) is 5.69 Å². The number of aromatic nitrogens is 2. The molecule has 4 nitrogen and oxygen atoms in total. The van der Waals surface area contributed by atoms with E-state index in [4.69, 9.17) is 0 Å². The molecule has 0 aliphatic carbocycles. The summed E-state index contributed by atoms with van der Waals surface area (Å²) < 4.78 is 1.40. The summed E-state index contributed by atoms with van der Waals surface area (Å²) in [4.78, 5) is 0. The molecule has 2 aromatic heterocycles. The Kier molecular flexibility index (Phi) is 2.02. The summed E-state index contributed by atoms with van der Waals surface area (Å²) in [5.74, 6) is 0. The first kappa shape index (κ1) is 8.50. The Morgan fingerprint density at radius 2 is 1.79 bits per heavy atom. The van der Waals surface area contributed by atoms with E-state index in [-0.39, 0.29) is 0 Å². The number of nitrogens with zero attached hydrogens (tertiary/aromatic N) is 2. The topological polar surface area (TPSA) is 53.9 Å². The number of pyridine rings is 2. The summed E-state index contributed by atoms with van der Waals surface area (Å²) in [6.07, 6.45) is 4.14. The minimum atomic E-state index is 0.470. The van der Waals surface area contributed by atoms with Crippen LogP contribution in [0.3, 0.4) is 0 Å². The van der Waals surface area contributed by atoms with Crippen molar-refractivity contribution in [1.29, 1.82) is 0 Å². The molecule has 0 aliphatic rings. The van der Waals surface area contributed by atoms with Crippen LogP contribution < -0.4 is 9.46 Å². The van der Waals surface area contributed by atoms with Crippen molar-refractivity contribution in [2.45, 2.75) is 0 Å². The van der Waals surface area contributed by atoms with E-state index in [0.717, 1.165) is 4.73 Å². The van der Waals surface area contributed by atoms with Crippen molar-refractivity contribution >= 4 is 0 Å². The molecule has 2 rings (SSSR count). The number of hydrogen-bond donors (Lipinski definition) is 0. The highest BCUT2D eigenvalue weighted by molar-refractivity contribution is 5.53. The van der Waals surface area contributed by atoms with Gasteiger partial charge in [0.25, 0.3) is 0 Å². The van der Waals surface area contributed by atoms with Gasteiger partial charge in [-0.15, -0.1) is 0 Å². The first-order chi connectivity index (χ1) is 6.77. The maximum Gasteiger partial charge on any atom is 0.229 e. The van der Waals surface area contributed by atoms with Gasteiger partial charge in [0.05, 0.1) is 0 Å². The van der Waals surface area contributed by atoms with Gasteiger partial charge in [-0.25, -0.2) is 0 Å². The molecule has 0 N–H and O–H groups in total. The molecule has 0 spiro atoms. The number of hydrogen-bond acceptors (Lipinski definition) is 2. The quantitative estimate of drug-likeness (QED) is 0.486. The Hall–Kier alpha value is -2.10. The largest absolute Gasteiger partial charge is 0.619 e. The summed E-state index contributed by atoms with van der Waals surface area (Å²) >= 11 is 0. The van der Waals surface area contributed by atoms with E-state index in [0.29, 0.717) is 16.0 Å². The van der Waals surface area contributed by atoms with Gasteiger partial charge in [-0.2, -0.15) is 9.46 Å². The summed E-state index contributed by atoms with van der Waals surface area (Å²) in [5, 5.41) is 22.3. The van der Waals surface area contributed by atoms with Gasteiger partial charge in [0.1, 0.15) is 5.56 Å². The molecular formula is C10H8N2O2. The molecule has 2 aromatic rings. The fourth-order valence-corrected chi connectivity index (χ4v) is 1.26. The third-order valence-electron chi connectivity index (χ3n) is 1.89. The van der Waals surface area contributed by atoms with Crippen molar-refractivity contribution in [3.63, 3.8) is 0 Å². The highest BCUT2D eigenvalue weighted by Gasteiger charge is 2.09. The van der Waals surface area contributed by atoms with Gasteiger partial charge in [0.15, 0.2) is 18.6 Å². The molecule has 4 heteroatoms. The predicted octanol–water partition coefficient (Wildman–Crippen LogP) is 0.620. The molecule has 0 saturated carbocycles. The third kappa shape index (κ3) is 1.50. The maximum atomic E-state index is 11.3. The minimum Gasteiger partial charge on any atom is -0.619 e. The molecule has 14 heavy (non-hydrogen) atoms. The first-order valence-electron chi connectivity index (χ1n) is 4.15. The second-order valence-corrected chi connectivity index (χ2v) is 2.86. The van der Waals surface area contributed by atoms with E-state index in [1.807, 2.05) is 0 Å².